The van der Waals surface area contributed by atoms with Crippen LogP contribution in [-0.2, 0) is 19.9 Å². The van der Waals surface area contributed by atoms with Crippen LogP contribution in [0.15, 0.2) is 0 Å². The fourth-order valence-electron chi connectivity index (χ4n) is 1.50. The van der Waals surface area contributed by atoms with Gasteiger partial charge in [0.05, 0.1) is 23.4 Å². The van der Waals surface area contributed by atoms with E-state index in [1.807, 2.05) is 0 Å². The maximum Gasteiger partial charge on any atom is 0.213 e. The maximum atomic E-state index is 11.4. The topological polar surface area (TPSA) is 101 Å². The number of sulfone groups is 1. The predicted octanol–water partition coefficient (Wildman–Crippen LogP) is -1.52. The van der Waals surface area contributed by atoms with Crippen molar-refractivity contribution < 1.29 is 21.9 Å². The van der Waals surface area contributed by atoms with Gasteiger partial charge in [-0.3, -0.25) is 0 Å². The van der Waals surface area contributed by atoms with E-state index in [9.17, 15) is 16.8 Å². The molecule has 8 heteroatoms. The largest absolute Gasteiger partial charge is 0.395 e. The van der Waals surface area contributed by atoms with Gasteiger partial charge in [0.1, 0.15) is 0 Å². The van der Waals surface area contributed by atoms with Crippen LogP contribution in [0.25, 0.3) is 0 Å². The quantitative estimate of drug-likeness (QED) is 0.622. The van der Waals surface area contributed by atoms with Crippen molar-refractivity contribution in [2.24, 2.45) is 0 Å². The summed E-state index contributed by atoms with van der Waals surface area (Å²) in [5, 5.41) is 7.85. The monoisotopic (exact) mass is 257 g/mol. The van der Waals surface area contributed by atoms with E-state index >= 15 is 0 Å². The molecule has 1 atom stereocenters. The molecule has 0 aromatic rings. The van der Waals surface area contributed by atoms with E-state index in [-0.39, 0.29) is 18.1 Å². The zero-order valence-electron chi connectivity index (χ0n) is 8.22. The van der Waals surface area contributed by atoms with E-state index in [2.05, 4.69) is 4.72 Å². The Morgan fingerprint density at radius 3 is 2.53 bits per heavy atom. The molecule has 2 N–H and O–H groups in total. The minimum Gasteiger partial charge on any atom is -0.395 e. The third-order valence-corrected chi connectivity index (χ3v) is 5.96. The molecule has 1 saturated heterocycles. The second-order valence-corrected chi connectivity index (χ2v) is 7.85. The normalized spacial score (nSPS) is 25.5. The molecule has 0 bridgehead atoms. The summed E-state index contributed by atoms with van der Waals surface area (Å²) in [5.74, 6) is -0.251. The lowest BCUT2D eigenvalue weighted by atomic mass is 10.2. The molecule has 1 fully saturated rings. The van der Waals surface area contributed by atoms with Gasteiger partial charge in [-0.1, -0.05) is 0 Å². The Labute approximate surface area is 89.7 Å². The van der Waals surface area contributed by atoms with Crippen molar-refractivity contribution in [2.45, 2.75) is 18.1 Å². The summed E-state index contributed by atoms with van der Waals surface area (Å²) in [4.78, 5) is 0. The predicted molar refractivity (Wildman–Crippen MR) is 55.7 cm³/mol. The Morgan fingerprint density at radius 2 is 2.07 bits per heavy atom. The van der Waals surface area contributed by atoms with E-state index < -0.39 is 31.7 Å². The molecule has 1 rings (SSSR count). The number of hydrogen-bond donors (Lipinski definition) is 2. The number of sulfonamides is 1. The molecule has 1 aliphatic heterocycles. The van der Waals surface area contributed by atoms with Crippen molar-refractivity contribution in [3.05, 3.63) is 0 Å². The minimum absolute atomic E-state index is 0.0787. The molecule has 0 aliphatic carbocycles. The number of aliphatic hydroxyl groups is 1. The van der Waals surface area contributed by atoms with E-state index in [0.717, 1.165) is 0 Å². The Hall–Kier alpha value is -0.180. The molecular formula is C7H15NO5S2. The molecular weight excluding hydrogens is 242 g/mol. The highest BCUT2D eigenvalue weighted by Crippen LogP contribution is 2.19. The van der Waals surface area contributed by atoms with Gasteiger partial charge >= 0.3 is 0 Å². The first-order chi connectivity index (χ1) is 6.87. The summed E-state index contributed by atoms with van der Waals surface area (Å²) in [6, 6.07) is 0. The van der Waals surface area contributed by atoms with Crippen LogP contribution in [0, 0.1) is 0 Å². The Morgan fingerprint density at radius 1 is 1.40 bits per heavy atom. The van der Waals surface area contributed by atoms with Crippen LogP contribution in [0.1, 0.15) is 12.8 Å². The first kappa shape index (κ1) is 12.9. The Bertz CT molecular complexity index is 399. The van der Waals surface area contributed by atoms with Gasteiger partial charge in [0.2, 0.25) is 10.0 Å². The fourth-order valence-corrected chi connectivity index (χ4v) is 4.21. The molecule has 0 radical (unpaired) electrons. The average molecular weight is 257 g/mol. The SMILES string of the molecule is O=S(=O)(CCO)NCC1CCCS1(=O)=O. The molecule has 0 saturated carbocycles. The number of hydrogen-bond acceptors (Lipinski definition) is 5. The summed E-state index contributed by atoms with van der Waals surface area (Å²) in [6.45, 7) is -0.544. The van der Waals surface area contributed by atoms with Crippen LogP contribution < -0.4 is 4.72 Å². The Kier molecular flexibility index (Phi) is 4.10. The van der Waals surface area contributed by atoms with Gasteiger partial charge in [0, 0.05) is 6.54 Å². The molecule has 1 aliphatic rings. The third-order valence-electron chi connectivity index (χ3n) is 2.35. The zero-order valence-corrected chi connectivity index (χ0v) is 9.85. The highest BCUT2D eigenvalue weighted by Gasteiger charge is 2.31. The minimum atomic E-state index is -3.53. The maximum absolute atomic E-state index is 11.4. The van der Waals surface area contributed by atoms with Crippen molar-refractivity contribution in [1.82, 2.24) is 4.72 Å². The molecule has 0 aromatic carbocycles. The first-order valence-electron chi connectivity index (χ1n) is 4.67. The summed E-state index contributed by atoms with van der Waals surface area (Å²) < 4.78 is 47.2. The molecule has 1 unspecified atom stereocenters. The second kappa shape index (κ2) is 4.77. The lowest BCUT2D eigenvalue weighted by molar-refractivity contribution is 0.319. The van der Waals surface area contributed by atoms with Crippen LogP contribution in [0.4, 0.5) is 0 Å². The van der Waals surface area contributed by atoms with Crippen LogP contribution >= 0.6 is 0 Å². The zero-order chi connectivity index (χ0) is 11.5. The number of nitrogens with one attached hydrogen (secondary N) is 1. The van der Waals surface area contributed by atoms with Gasteiger partial charge in [-0.05, 0) is 12.8 Å². The van der Waals surface area contributed by atoms with Gasteiger partial charge < -0.3 is 5.11 Å². The Balaban J connectivity index is 2.51. The smallest absolute Gasteiger partial charge is 0.213 e. The van der Waals surface area contributed by atoms with Crippen LogP contribution in [-0.4, -0.2) is 51.8 Å². The first-order valence-corrected chi connectivity index (χ1v) is 8.04. The van der Waals surface area contributed by atoms with E-state index in [4.69, 9.17) is 5.11 Å². The van der Waals surface area contributed by atoms with Crippen LogP contribution in [0.2, 0.25) is 0 Å². The lowest BCUT2D eigenvalue weighted by Gasteiger charge is -2.10. The standard InChI is InChI=1S/C7H15NO5S2/c9-3-5-15(12,13)8-6-7-2-1-4-14(7,10)11/h7-9H,1-6H2. The van der Waals surface area contributed by atoms with Gasteiger partial charge in [0.25, 0.3) is 0 Å². The molecule has 1 heterocycles. The van der Waals surface area contributed by atoms with Crippen LogP contribution in [0.5, 0.6) is 0 Å². The van der Waals surface area contributed by atoms with E-state index in [1.54, 1.807) is 0 Å². The highest BCUT2D eigenvalue weighted by molar-refractivity contribution is 7.92. The summed E-state index contributed by atoms with van der Waals surface area (Å²) in [5.41, 5.74) is 0. The van der Waals surface area contributed by atoms with Gasteiger partial charge in [-0.2, -0.15) is 0 Å². The molecule has 0 amide bonds. The number of aliphatic hydroxyl groups excluding tert-OH is 1. The molecule has 6 nitrogen and oxygen atoms in total. The van der Waals surface area contributed by atoms with E-state index in [0.29, 0.717) is 12.8 Å². The molecule has 15 heavy (non-hydrogen) atoms. The van der Waals surface area contributed by atoms with Crippen molar-refractivity contribution in [1.29, 1.82) is 0 Å². The molecule has 90 valence electrons. The van der Waals surface area contributed by atoms with Gasteiger partial charge in [0.15, 0.2) is 9.84 Å². The summed E-state index contributed by atoms with van der Waals surface area (Å²) in [7, 11) is -6.65. The van der Waals surface area contributed by atoms with Crippen molar-refractivity contribution >= 4 is 19.9 Å². The van der Waals surface area contributed by atoms with E-state index in [1.165, 1.54) is 0 Å². The lowest BCUT2D eigenvalue weighted by Crippen LogP contribution is -2.36. The third kappa shape index (κ3) is 3.71. The molecule has 0 spiro atoms. The summed E-state index contributed by atoms with van der Waals surface area (Å²) >= 11 is 0. The number of rotatable bonds is 5. The fraction of sp³-hybridized carbons (Fsp3) is 1.00. The van der Waals surface area contributed by atoms with Crippen molar-refractivity contribution in [3.8, 4) is 0 Å². The second-order valence-electron chi connectivity index (χ2n) is 3.52. The van der Waals surface area contributed by atoms with Crippen LogP contribution in [0.3, 0.4) is 0 Å². The molecule has 0 aromatic heterocycles. The van der Waals surface area contributed by atoms with Gasteiger partial charge in [-0.25, -0.2) is 21.6 Å². The summed E-state index contributed by atoms with van der Waals surface area (Å²) in [6.07, 6.45) is 1.10. The highest BCUT2D eigenvalue weighted by atomic mass is 32.2. The average Bonchev–Trinajstić information content (AvgIpc) is 2.41. The van der Waals surface area contributed by atoms with Crippen molar-refractivity contribution in [3.63, 3.8) is 0 Å². The van der Waals surface area contributed by atoms with Crippen molar-refractivity contribution in [2.75, 3.05) is 24.7 Å². The van der Waals surface area contributed by atoms with Gasteiger partial charge in [-0.15, -0.1) is 0 Å².